The van der Waals surface area contributed by atoms with Crippen molar-refractivity contribution >= 4 is 28.6 Å². The lowest BCUT2D eigenvalue weighted by Crippen LogP contribution is -2.34. The normalized spacial score (nSPS) is 12.3. The van der Waals surface area contributed by atoms with E-state index in [1.165, 1.54) is 23.9 Å². The Bertz CT molecular complexity index is 1060. The minimum atomic E-state index is -0.415. The number of benzene rings is 2. The van der Waals surface area contributed by atoms with E-state index < -0.39 is 5.25 Å². The lowest BCUT2D eigenvalue weighted by Gasteiger charge is -2.17. The number of carbonyl (C=O) groups is 1. The molecule has 5 nitrogen and oxygen atoms in total. The quantitative estimate of drug-likeness (QED) is 0.472. The third kappa shape index (κ3) is 5.23. The van der Waals surface area contributed by atoms with Gasteiger partial charge in [-0.2, -0.15) is 0 Å². The van der Waals surface area contributed by atoms with Gasteiger partial charge in [-0.05, 0) is 42.7 Å². The van der Waals surface area contributed by atoms with E-state index in [4.69, 9.17) is 0 Å². The van der Waals surface area contributed by atoms with Crippen molar-refractivity contribution in [2.45, 2.75) is 37.7 Å². The third-order valence-corrected chi connectivity index (χ3v) is 5.51. The third-order valence-electron chi connectivity index (χ3n) is 4.42. The van der Waals surface area contributed by atoms with Gasteiger partial charge in [-0.25, -0.2) is 9.37 Å². The van der Waals surface area contributed by atoms with Crippen LogP contribution in [0.2, 0.25) is 0 Å². The van der Waals surface area contributed by atoms with Gasteiger partial charge in [0.05, 0.1) is 22.7 Å². The van der Waals surface area contributed by atoms with Gasteiger partial charge >= 0.3 is 0 Å². The number of hydrogen-bond donors (Lipinski definition) is 1. The van der Waals surface area contributed by atoms with E-state index in [2.05, 4.69) is 10.3 Å². The predicted octanol–water partition coefficient (Wildman–Crippen LogP) is 3.84. The van der Waals surface area contributed by atoms with E-state index in [1.807, 2.05) is 19.9 Å². The second-order valence-corrected chi connectivity index (χ2v) is 8.64. The van der Waals surface area contributed by atoms with Crippen LogP contribution < -0.4 is 10.9 Å². The summed E-state index contributed by atoms with van der Waals surface area (Å²) in [6.45, 7) is 6.70. The Morgan fingerprint density at radius 1 is 1.14 bits per heavy atom. The second-order valence-electron chi connectivity index (χ2n) is 7.33. The van der Waals surface area contributed by atoms with E-state index in [1.54, 1.807) is 41.8 Å². The van der Waals surface area contributed by atoms with Crippen molar-refractivity contribution in [3.8, 4) is 0 Å². The van der Waals surface area contributed by atoms with Crippen LogP contribution in [0.25, 0.3) is 10.9 Å². The van der Waals surface area contributed by atoms with Crippen LogP contribution >= 0.6 is 11.8 Å². The lowest BCUT2D eigenvalue weighted by molar-refractivity contribution is -0.120. The summed E-state index contributed by atoms with van der Waals surface area (Å²) in [5.41, 5.74) is 1.19. The highest BCUT2D eigenvalue weighted by molar-refractivity contribution is 8.00. The molecule has 0 radical (unpaired) electrons. The van der Waals surface area contributed by atoms with Crippen LogP contribution in [-0.2, 0) is 11.3 Å². The van der Waals surface area contributed by atoms with Crippen molar-refractivity contribution in [2.24, 2.45) is 5.92 Å². The molecule has 0 fully saturated rings. The molecule has 29 heavy (non-hydrogen) atoms. The van der Waals surface area contributed by atoms with Gasteiger partial charge in [-0.15, -0.1) is 0 Å². The molecular weight excluding hydrogens is 389 g/mol. The van der Waals surface area contributed by atoms with Crippen molar-refractivity contribution in [1.29, 1.82) is 0 Å². The molecule has 1 N–H and O–H groups in total. The first kappa shape index (κ1) is 21.0. The summed E-state index contributed by atoms with van der Waals surface area (Å²) in [7, 11) is 0. The van der Waals surface area contributed by atoms with Crippen LogP contribution in [0.15, 0.2) is 58.5 Å². The molecule has 3 rings (SSSR count). The zero-order valence-corrected chi connectivity index (χ0v) is 17.5. The topological polar surface area (TPSA) is 64.0 Å². The average molecular weight is 414 g/mol. The molecule has 0 spiro atoms. The van der Waals surface area contributed by atoms with Crippen molar-refractivity contribution in [1.82, 2.24) is 14.9 Å². The molecule has 2 aromatic carbocycles. The largest absolute Gasteiger partial charge is 0.355 e. The highest BCUT2D eigenvalue weighted by Crippen LogP contribution is 2.23. The zero-order chi connectivity index (χ0) is 21.0. The molecule has 0 saturated carbocycles. The smallest absolute Gasteiger partial charge is 0.262 e. The van der Waals surface area contributed by atoms with Gasteiger partial charge in [0.2, 0.25) is 5.91 Å². The standard InChI is InChI=1S/C22H24FN3O2S/c1-14(2)12-24-20(27)15(3)29-22-25-19-7-5-4-6-18(19)21(28)26(22)13-16-8-10-17(23)11-9-16/h4-11,14-15H,12-13H2,1-3H3,(H,24,27)/t15-/m0/s1. The lowest BCUT2D eigenvalue weighted by atomic mass is 10.2. The van der Waals surface area contributed by atoms with Crippen LogP contribution in [0.4, 0.5) is 4.39 Å². The molecular formula is C22H24FN3O2S. The summed E-state index contributed by atoms with van der Waals surface area (Å²) in [4.78, 5) is 30.2. The van der Waals surface area contributed by atoms with Gasteiger partial charge in [0, 0.05) is 6.54 Å². The number of nitrogens with one attached hydrogen (secondary N) is 1. The average Bonchev–Trinajstić information content (AvgIpc) is 2.70. The number of halogens is 1. The number of rotatable bonds is 7. The van der Waals surface area contributed by atoms with Crippen LogP contribution in [0.1, 0.15) is 26.3 Å². The van der Waals surface area contributed by atoms with E-state index in [9.17, 15) is 14.0 Å². The maximum atomic E-state index is 13.3. The molecule has 0 aliphatic carbocycles. The Kier molecular flexibility index (Phi) is 6.69. The Hall–Kier alpha value is -2.67. The highest BCUT2D eigenvalue weighted by Gasteiger charge is 2.19. The summed E-state index contributed by atoms with van der Waals surface area (Å²) in [5, 5.41) is 3.47. The van der Waals surface area contributed by atoms with Crippen LogP contribution in [-0.4, -0.2) is 27.3 Å². The first-order chi connectivity index (χ1) is 13.8. The van der Waals surface area contributed by atoms with E-state index in [0.717, 1.165) is 5.56 Å². The van der Waals surface area contributed by atoms with Crippen LogP contribution in [0.5, 0.6) is 0 Å². The zero-order valence-electron chi connectivity index (χ0n) is 16.7. The molecule has 0 bridgehead atoms. The van der Waals surface area contributed by atoms with E-state index in [0.29, 0.717) is 28.5 Å². The Balaban J connectivity index is 1.96. The highest BCUT2D eigenvalue weighted by atomic mass is 32.2. The van der Waals surface area contributed by atoms with Gasteiger partial charge in [0.15, 0.2) is 5.16 Å². The fourth-order valence-corrected chi connectivity index (χ4v) is 3.74. The molecule has 152 valence electrons. The second kappa shape index (κ2) is 9.22. The Labute approximate surface area is 173 Å². The first-order valence-corrected chi connectivity index (χ1v) is 10.4. The maximum Gasteiger partial charge on any atom is 0.262 e. The van der Waals surface area contributed by atoms with Gasteiger partial charge in [-0.1, -0.05) is 49.9 Å². The number of amides is 1. The number of nitrogens with zero attached hydrogens (tertiary/aromatic N) is 2. The SMILES string of the molecule is CC(C)CNC(=O)[C@H](C)Sc1nc2ccccc2c(=O)n1Cc1ccc(F)cc1. The number of aromatic nitrogens is 2. The molecule has 1 atom stereocenters. The number of hydrogen-bond acceptors (Lipinski definition) is 4. The summed E-state index contributed by atoms with van der Waals surface area (Å²) in [6, 6.07) is 13.2. The van der Waals surface area contributed by atoms with Gasteiger partial charge in [0.1, 0.15) is 5.82 Å². The van der Waals surface area contributed by atoms with Crippen molar-refractivity contribution in [3.05, 3.63) is 70.3 Å². The number of thioether (sulfide) groups is 1. The fraction of sp³-hybridized carbons (Fsp3) is 0.318. The molecule has 0 unspecified atom stereocenters. The summed E-state index contributed by atoms with van der Waals surface area (Å²) >= 11 is 1.25. The summed E-state index contributed by atoms with van der Waals surface area (Å²) in [5.74, 6) is -0.0752. The van der Waals surface area contributed by atoms with Crippen molar-refractivity contribution in [3.63, 3.8) is 0 Å². The minimum absolute atomic E-state index is 0.0977. The number of carbonyl (C=O) groups excluding carboxylic acids is 1. The molecule has 7 heteroatoms. The molecule has 1 aromatic heterocycles. The molecule has 1 amide bonds. The number of fused-ring (bicyclic) bond motifs is 1. The van der Waals surface area contributed by atoms with Crippen LogP contribution in [0.3, 0.4) is 0 Å². The monoisotopic (exact) mass is 413 g/mol. The summed E-state index contributed by atoms with van der Waals surface area (Å²) < 4.78 is 14.8. The van der Waals surface area contributed by atoms with Crippen molar-refractivity contribution in [2.75, 3.05) is 6.54 Å². The molecule has 3 aromatic rings. The first-order valence-electron chi connectivity index (χ1n) is 9.53. The minimum Gasteiger partial charge on any atom is -0.355 e. The fourth-order valence-electron chi connectivity index (χ4n) is 2.81. The van der Waals surface area contributed by atoms with Gasteiger partial charge in [-0.3, -0.25) is 14.2 Å². The molecule has 1 heterocycles. The molecule has 0 aliphatic rings. The van der Waals surface area contributed by atoms with Gasteiger partial charge in [0.25, 0.3) is 5.56 Å². The summed E-state index contributed by atoms with van der Waals surface area (Å²) in [6.07, 6.45) is 0. The van der Waals surface area contributed by atoms with Crippen molar-refractivity contribution < 1.29 is 9.18 Å². The Morgan fingerprint density at radius 2 is 1.83 bits per heavy atom. The molecule has 0 aliphatic heterocycles. The molecule has 0 saturated heterocycles. The number of para-hydroxylation sites is 1. The maximum absolute atomic E-state index is 13.3. The van der Waals surface area contributed by atoms with Crippen LogP contribution in [0, 0.1) is 11.7 Å². The van der Waals surface area contributed by atoms with E-state index in [-0.39, 0.29) is 23.8 Å². The van der Waals surface area contributed by atoms with E-state index >= 15 is 0 Å². The predicted molar refractivity (Wildman–Crippen MR) is 115 cm³/mol. The van der Waals surface area contributed by atoms with Gasteiger partial charge < -0.3 is 5.32 Å². The Morgan fingerprint density at radius 3 is 2.52 bits per heavy atom.